The van der Waals surface area contributed by atoms with Gasteiger partial charge in [-0.15, -0.1) is 0 Å². The van der Waals surface area contributed by atoms with Gasteiger partial charge in [-0.3, -0.25) is 19.4 Å². The highest BCUT2D eigenvalue weighted by molar-refractivity contribution is 5.75. The van der Waals surface area contributed by atoms with Crippen molar-refractivity contribution in [1.29, 1.82) is 0 Å². The van der Waals surface area contributed by atoms with Crippen LogP contribution < -0.4 is 0 Å². The predicted octanol–water partition coefficient (Wildman–Crippen LogP) is 5.68. The van der Waals surface area contributed by atoms with E-state index < -0.39 is 0 Å². The molecule has 0 radical (unpaired) electrons. The number of hydrogen-bond acceptors (Lipinski definition) is 6. The Morgan fingerprint density at radius 2 is 0.944 bits per heavy atom. The average molecular weight is 507 g/mol. The molecule has 3 fully saturated rings. The Morgan fingerprint density at radius 1 is 0.639 bits per heavy atom. The Balaban J connectivity index is 1.33. The topological polar surface area (TPSA) is 59.1 Å². The lowest BCUT2D eigenvalue weighted by Crippen LogP contribution is -2.48. The summed E-state index contributed by atoms with van der Waals surface area (Å²) < 4.78 is 11.6. The Bertz CT molecular complexity index is 729. The molecule has 0 aromatic heterocycles. The zero-order valence-electron chi connectivity index (χ0n) is 24.9. The van der Waals surface area contributed by atoms with Gasteiger partial charge in [0.05, 0.1) is 25.0 Å². The minimum atomic E-state index is -0.179. The molecule has 6 nitrogen and oxygen atoms in total. The molecule has 2 atom stereocenters. The lowest BCUT2D eigenvalue weighted by atomic mass is 9.79. The van der Waals surface area contributed by atoms with Crippen LogP contribution in [0, 0.1) is 23.7 Å². The minimum Gasteiger partial charge on any atom is -0.465 e. The van der Waals surface area contributed by atoms with Crippen LogP contribution in [-0.4, -0.2) is 71.2 Å². The molecule has 2 unspecified atom stereocenters. The molecule has 2 aliphatic heterocycles. The first kappa shape index (κ1) is 29.4. The number of carbonyl (C=O) groups is 2. The Morgan fingerprint density at radius 3 is 1.19 bits per heavy atom. The summed E-state index contributed by atoms with van der Waals surface area (Å²) in [6, 6.07) is 0. The maximum absolute atomic E-state index is 12.9. The molecule has 1 aliphatic carbocycles. The van der Waals surface area contributed by atoms with Crippen LogP contribution in [0.3, 0.4) is 0 Å². The standard InChI is InChI=1S/C30H54N2O4/c1-27(2)19-23(29(5,6)31(27)9)25(33)35-17-15-21-11-13-22(14-12-21)16-18-36-26(34)24-20-28(3,4)32(10)30(24,7)8/h21-24H,11-20H2,1-10H3. The van der Waals surface area contributed by atoms with Crippen LogP contribution >= 0.6 is 0 Å². The first-order chi connectivity index (χ1) is 16.5. The summed E-state index contributed by atoms with van der Waals surface area (Å²) in [5, 5.41) is 0. The van der Waals surface area contributed by atoms with Crippen LogP contribution in [-0.2, 0) is 19.1 Å². The summed E-state index contributed by atoms with van der Waals surface area (Å²) in [6.45, 7) is 18.5. The fourth-order valence-electron chi connectivity index (χ4n) is 7.21. The highest BCUT2D eigenvalue weighted by atomic mass is 16.5. The molecule has 0 spiro atoms. The van der Waals surface area contributed by atoms with E-state index in [1.165, 1.54) is 25.7 Å². The molecule has 0 aromatic rings. The van der Waals surface area contributed by atoms with Crippen molar-refractivity contribution in [2.45, 2.75) is 129 Å². The lowest BCUT2D eigenvalue weighted by Gasteiger charge is -2.38. The number of nitrogens with zero attached hydrogens (tertiary/aromatic N) is 2. The van der Waals surface area contributed by atoms with Crippen molar-refractivity contribution in [2.75, 3.05) is 27.3 Å². The van der Waals surface area contributed by atoms with E-state index in [1.54, 1.807) is 0 Å². The van der Waals surface area contributed by atoms with Crippen LogP contribution in [0.4, 0.5) is 0 Å². The monoisotopic (exact) mass is 506 g/mol. The number of ether oxygens (including phenoxy) is 2. The Hall–Kier alpha value is -1.14. The SMILES string of the molecule is CN1C(C)(C)CC(C(=O)OCCC2CCC(CCOC(=O)C3CC(C)(C)N(C)C3(C)C)CC2)C1(C)C. The Kier molecular flexibility index (Phi) is 8.62. The Labute approximate surface area is 220 Å². The van der Waals surface area contributed by atoms with Crippen LogP contribution in [0.25, 0.3) is 0 Å². The van der Waals surface area contributed by atoms with E-state index in [0.717, 1.165) is 25.7 Å². The van der Waals surface area contributed by atoms with Crippen LogP contribution in [0.1, 0.15) is 107 Å². The molecule has 3 rings (SSSR count). The lowest BCUT2D eigenvalue weighted by molar-refractivity contribution is -0.152. The fraction of sp³-hybridized carbons (Fsp3) is 0.933. The van der Waals surface area contributed by atoms with Gasteiger partial charge in [-0.25, -0.2) is 0 Å². The van der Waals surface area contributed by atoms with E-state index in [1.807, 2.05) is 0 Å². The summed E-state index contributed by atoms with van der Waals surface area (Å²) in [5.41, 5.74) is -0.330. The maximum atomic E-state index is 12.9. The number of likely N-dealkylation sites (tertiary alicyclic amines) is 2. The van der Waals surface area contributed by atoms with E-state index >= 15 is 0 Å². The third-order valence-electron chi connectivity index (χ3n) is 10.7. The van der Waals surface area contributed by atoms with Gasteiger partial charge in [0.1, 0.15) is 0 Å². The van der Waals surface area contributed by atoms with Gasteiger partial charge >= 0.3 is 11.9 Å². The van der Waals surface area contributed by atoms with E-state index in [0.29, 0.717) is 25.0 Å². The molecule has 0 bridgehead atoms. The third-order valence-corrected chi connectivity index (χ3v) is 10.7. The van der Waals surface area contributed by atoms with Crippen molar-refractivity contribution in [3.05, 3.63) is 0 Å². The third kappa shape index (κ3) is 5.95. The van der Waals surface area contributed by atoms with Crippen LogP contribution in [0.15, 0.2) is 0 Å². The largest absolute Gasteiger partial charge is 0.465 e. The second-order valence-electron chi connectivity index (χ2n) is 14.4. The number of carbonyl (C=O) groups excluding carboxylic acids is 2. The molecular formula is C30H54N2O4. The van der Waals surface area contributed by atoms with E-state index in [4.69, 9.17) is 9.47 Å². The van der Waals surface area contributed by atoms with E-state index in [-0.39, 0.29) is 45.9 Å². The second-order valence-corrected chi connectivity index (χ2v) is 14.4. The summed E-state index contributed by atoms with van der Waals surface area (Å²) in [7, 11) is 4.23. The summed E-state index contributed by atoms with van der Waals surface area (Å²) in [4.78, 5) is 30.4. The van der Waals surface area contributed by atoms with Crippen molar-refractivity contribution < 1.29 is 19.1 Å². The number of rotatable bonds is 8. The van der Waals surface area contributed by atoms with Gasteiger partial charge in [-0.2, -0.15) is 0 Å². The van der Waals surface area contributed by atoms with Gasteiger partial charge in [-0.1, -0.05) is 25.7 Å². The smallest absolute Gasteiger partial charge is 0.310 e. The normalized spacial score (nSPS) is 33.4. The molecule has 2 saturated heterocycles. The molecule has 6 heteroatoms. The van der Waals surface area contributed by atoms with E-state index in [2.05, 4.69) is 79.3 Å². The molecular weight excluding hydrogens is 452 g/mol. The average Bonchev–Trinajstić information content (AvgIpc) is 3.07. The van der Waals surface area contributed by atoms with E-state index in [9.17, 15) is 9.59 Å². The summed E-state index contributed by atoms with van der Waals surface area (Å²) in [6.07, 6.45) is 8.31. The summed E-state index contributed by atoms with van der Waals surface area (Å²) >= 11 is 0. The van der Waals surface area contributed by atoms with Crippen molar-refractivity contribution in [3.63, 3.8) is 0 Å². The molecule has 36 heavy (non-hydrogen) atoms. The quantitative estimate of drug-likeness (QED) is 0.395. The zero-order chi connectivity index (χ0) is 27.1. The number of hydrogen-bond donors (Lipinski definition) is 0. The van der Waals surface area contributed by atoms with Crippen LogP contribution in [0.5, 0.6) is 0 Å². The highest BCUT2D eigenvalue weighted by Crippen LogP contribution is 2.45. The first-order valence-electron chi connectivity index (χ1n) is 14.3. The van der Waals surface area contributed by atoms with Crippen molar-refractivity contribution in [3.8, 4) is 0 Å². The van der Waals surface area contributed by atoms with Gasteiger partial charge in [0.2, 0.25) is 0 Å². The van der Waals surface area contributed by atoms with Crippen LogP contribution in [0.2, 0.25) is 0 Å². The highest BCUT2D eigenvalue weighted by Gasteiger charge is 2.54. The molecule has 3 aliphatic rings. The van der Waals surface area contributed by atoms with Gasteiger partial charge in [0.25, 0.3) is 0 Å². The fourth-order valence-corrected chi connectivity index (χ4v) is 7.21. The summed E-state index contributed by atoms with van der Waals surface area (Å²) in [5.74, 6) is 1.05. The molecule has 208 valence electrons. The zero-order valence-corrected chi connectivity index (χ0v) is 24.9. The molecule has 0 amide bonds. The van der Waals surface area contributed by atoms with Gasteiger partial charge < -0.3 is 9.47 Å². The minimum absolute atomic E-state index is 0.0140. The second kappa shape index (κ2) is 10.6. The van der Waals surface area contributed by atoms with Gasteiger partial charge in [-0.05, 0) is 107 Å². The molecule has 1 saturated carbocycles. The van der Waals surface area contributed by atoms with Gasteiger partial charge in [0, 0.05) is 22.2 Å². The predicted molar refractivity (Wildman–Crippen MR) is 145 cm³/mol. The number of esters is 2. The molecule has 0 N–H and O–H groups in total. The first-order valence-corrected chi connectivity index (χ1v) is 14.3. The maximum Gasteiger partial charge on any atom is 0.310 e. The van der Waals surface area contributed by atoms with Crippen molar-refractivity contribution in [2.24, 2.45) is 23.7 Å². The van der Waals surface area contributed by atoms with Crippen molar-refractivity contribution in [1.82, 2.24) is 9.80 Å². The molecule has 0 aromatic carbocycles. The van der Waals surface area contributed by atoms with Crippen molar-refractivity contribution >= 4 is 11.9 Å². The van der Waals surface area contributed by atoms with Gasteiger partial charge in [0.15, 0.2) is 0 Å². The molecule has 2 heterocycles.